The maximum Gasteiger partial charge on any atom is 0.223 e. The van der Waals surface area contributed by atoms with Gasteiger partial charge in [0.05, 0.1) is 6.04 Å². The lowest BCUT2D eigenvalue weighted by atomic mass is 9.66. The molecule has 3 heterocycles. The van der Waals surface area contributed by atoms with Gasteiger partial charge < -0.3 is 9.88 Å². The summed E-state index contributed by atoms with van der Waals surface area (Å²) in [6.07, 6.45) is 9.72. The number of aromatic amines is 1. The van der Waals surface area contributed by atoms with E-state index in [1.807, 2.05) is 0 Å². The monoisotopic (exact) mass is 423 g/mol. The quantitative estimate of drug-likeness (QED) is 0.531. The van der Waals surface area contributed by atoms with Crippen LogP contribution in [0.4, 0.5) is 0 Å². The van der Waals surface area contributed by atoms with E-state index in [2.05, 4.69) is 59.8 Å². The molecule has 4 nitrogen and oxygen atoms in total. The summed E-state index contributed by atoms with van der Waals surface area (Å²) >= 11 is 0. The summed E-state index contributed by atoms with van der Waals surface area (Å²) < 4.78 is 0. The molecule has 0 aliphatic carbocycles. The van der Waals surface area contributed by atoms with Crippen LogP contribution in [0.25, 0.3) is 10.9 Å². The summed E-state index contributed by atoms with van der Waals surface area (Å²) in [6.45, 7) is 10.9. The molecule has 1 saturated heterocycles. The molecule has 1 fully saturated rings. The van der Waals surface area contributed by atoms with Crippen molar-refractivity contribution in [2.45, 2.75) is 84.6 Å². The molecule has 1 amide bonds. The number of carbonyl (C=O) groups excluding carboxylic acids is 1. The van der Waals surface area contributed by atoms with Crippen molar-refractivity contribution >= 4 is 16.8 Å². The van der Waals surface area contributed by atoms with Crippen LogP contribution in [0.1, 0.15) is 89.4 Å². The molecule has 1 aromatic heterocycles. The lowest BCUT2D eigenvalue weighted by Crippen LogP contribution is -2.51. The number of hydrogen-bond acceptors (Lipinski definition) is 2. The summed E-state index contributed by atoms with van der Waals surface area (Å²) in [6, 6.07) is 9.08. The minimum absolute atomic E-state index is 0.0298. The van der Waals surface area contributed by atoms with Gasteiger partial charge in [-0.1, -0.05) is 51.8 Å². The van der Waals surface area contributed by atoms with Gasteiger partial charge in [0.2, 0.25) is 5.91 Å². The fourth-order valence-corrected chi connectivity index (χ4v) is 6.15. The average Bonchev–Trinajstić information content (AvgIpc) is 3.17. The predicted octanol–water partition coefficient (Wildman–Crippen LogP) is 6.08. The molecule has 0 radical (unpaired) electrons. The molecule has 1 N–H and O–H groups in total. The molecular weight excluding hydrogens is 382 g/mol. The number of rotatable bonds is 9. The van der Waals surface area contributed by atoms with Crippen molar-refractivity contribution in [3.63, 3.8) is 0 Å². The number of fused-ring (bicyclic) bond motifs is 5. The normalized spacial score (nSPS) is 23.5. The minimum atomic E-state index is 0.0298. The van der Waals surface area contributed by atoms with Crippen molar-refractivity contribution in [1.82, 2.24) is 14.8 Å². The Labute approximate surface area is 188 Å². The summed E-state index contributed by atoms with van der Waals surface area (Å²) in [5.41, 5.74) is 4.18. The van der Waals surface area contributed by atoms with Crippen LogP contribution in [0.5, 0.6) is 0 Å². The zero-order valence-electron chi connectivity index (χ0n) is 19.9. The van der Waals surface area contributed by atoms with E-state index in [0.29, 0.717) is 18.4 Å². The fraction of sp³-hybridized carbons (Fsp3) is 0.667. The van der Waals surface area contributed by atoms with Crippen LogP contribution in [0.2, 0.25) is 0 Å². The lowest BCUT2D eigenvalue weighted by molar-refractivity contribution is -0.137. The smallest absolute Gasteiger partial charge is 0.223 e. The highest BCUT2D eigenvalue weighted by Gasteiger charge is 2.48. The number of unbranched alkanes of at least 4 members (excludes halogenated alkanes) is 2. The Morgan fingerprint density at radius 2 is 1.87 bits per heavy atom. The van der Waals surface area contributed by atoms with Gasteiger partial charge in [0.1, 0.15) is 0 Å². The number of benzene rings is 1. The van der Waals surface area contributed by atoms with Gasteiger partial charge in [0, 0.05) is 48.1 Å². The number of nitrogens with one attached hydrogen (secondary N) is 1. The van der Waals surface area contributed by atoms with Gasteiger partial charge in [-0.3, -0.25) is 9.69 Å². The third kappa shape index (κ3) is 4.28. The van der Waals surface area contributed by atoms with Gasteiger partial charge in [-0.25, -0.2) is 0 Å². The molecule has 2 aliphatic heterocycles. The first-order valence-corrected chi connectivity index (χ1v) is 12.7. The summed E-state index contributed by atoms with van der Waals surface area (Å²) in [5, 5.41) is 1.38. The van der Waals surface area contributed by atoms with E-state index in [0.717, 1.165) is 71.1 Å². The first-order valence-electron chi connectivity index (χ1n) is 12.7. The molecule has 0 bridgehead atoms. The van der Waals surface area contributed by atoms with E-state index in [1.54, 1.807) is 0 Å². The van der Waals surface area contributed by atoms with Gasteiger partial charge in [-0.2, -0.15) is 0 Å². The Kier molecular flexibility index (Phi) is 7.05. The van der Waals surface area contributed by atoms with E-state index >= 15 is 0 Å². The molecule has 0 saturated carbocycles. The molecule has 1 aromatic carbocycles. The Bertz CT molecular complexity index is 880. The molecule has 170 valence electrons. The molecule has 2 atom stereocenters. The van der Waals surface area contributed by atoms with Crippen LogP contribution in [0, 0.1) is 5.41 Å². The Morgan fingerprint density at radius 3 is 2.58 bits per heavy atom. The first-order chi connectivity index (χ1) is 15.1. The number of aromatic nitrogens is 1. The molecule has 0 unspecified atom stereocenters. The van der Waals surface area contributed by atoms with Crippen molar-refractivity contribution < 1.29 is 4.79 Å². The van der Waals surface area contributed by atoms with Gasteiger partial charge >= 0.3 is 0 Å². The van der Waals surface area contributed by atoms with E-state index in [9.17, 15) is 4.79 Å². The number of H-pyrrole nitrogens is 1. The predicted molar refractivity (Wildman–Crippen MR) is 129 cm³/mol. The molecular formula is C27H41N3O. The molecule has 31 heavy (non-hydrogen) atoms. The third-order valence-corrected chi connectivity index (χ3v) is 7.96. The SMILES string of the molecule is CCCCN(CCCC)C(=O)C[C@]1(CC)CCCN2CCc3c([nH]c4ccccc34)[C@@H]21. The second-order valence-corrected chi connectivity index (χ2v) is 9.84. The second kappa shape index (κ2) is 9.77. The summed E-state index contributed by atoms with van der Waals surface area (Å²) in [4.78, 5) is 22.3. The van der Waals surface area contributed by atoms with Crippen LogP contribution in [-0.4, -0.2) is 46.9 Å². The number of amides is 1. The summed E-state index contributed by atoms with van der Waals surface area (Å²) in [5.74, 6) is 0.383. The van der Waals surface area contributed by atoms with Crippen molar-refractivity contribution in [2.75, 3.05) is 26.2 Å². The van der Waals surface area contributed by atoms with Gasteiger partial charge in [-0.15, -0.1) is 0 Å². The topological polar surface area (TPSA) is 39.3 Å². The number of nitrogens with zero attached hydrogens (tertiary/aromatic N) is 2. The maximum atomic E-state index is 13.6. The highest BCUT2D eigenvalue weighted by atomic mass is 16.2. The number of para-hydroxylation sites is 1. The molecule has 4 heteroatoms. The Morgan fingerprint density at radius 1 is 1.13 bits per heavy atom. The van der Waals surface area contributed by atoms with Crippen molar-refractivity contribution in [2.24, 2.45) is 5.41 Å². The fourth-order valence-electron chi connectivity index (χ4n) is 6.15. The number of piperidine rings is 1. The largest absolute Gasteiger partial charge is 0.357 e. The standard InChI is InChI=1S/C27H41N3O/c1-4-7-16-29(17-8-5-2)24(31)20-27(6-3)15-11-18-30-19-14-22-21-12-9-10-13-23(21)28-25(22)26(27)30/h9-10,12-13,26,28H,4-8,11,14-20H2,1-3H3/t26-,27+/m1/s1. The van der Waals surface area contributed by atoms with E-state index in [1.165, 1.54) is 28.6 Å². The highest BCUT2D eigenvalue weighted by molar-refractivity contribution is 5.85. The molecule has 2 aromatic rings. The lowest BCUT2D eigenvalue weighted by Gasteiger charge is -2.52. The first kappa shape index (κ1) is 22.4. The van der Waals surface area contributed by atoms with Gasteiger partial charge in [0.25, 0.3) is 0 Å². The molecule has 4 rings (SSSR count). The zero-order chi connectivity index (χ0) is 21.8. The van der Waals surface area contributed by atoms with Crippen LogP contribution < -0.4 is 0 Å². The van der Waals surface area contributed by atoms with Gasteiger partial charge in [-0.05, 0) is 56.7 Å². The van der Waals surface area contributed by atoms with E-state index in [-0.39, 0.29) is 5.41 Å². The Hall–Kier alpha value is -1.81. The second-order valence-electron chi connectivity index (χ2n) is 9.84. The highest BCUT2D eigenvalue weighted by Crippen LogP contribution is 2.53. The number of hydrogen-bond donors (Lipinski definition) is 1. The van der Waals surface area contributed by atoms with Crippen LogP contribution >= 0.6 is 0 Å². The minimum Gasteiger partial charge on any atom is -0.357 e. The van der Waals surface area contributed by atoms with Gasteiger partial charge in [0.15, 0.2) is 0 Å². The number of carbonyl (C=O) groups is 1. The zero-order valence-corrected chi connectivity index (χ0v) is 19.9. The summed E-state index contributed by atoms with van der Waals surface area (Å²) in [7, 11) is 0. The maximum absolute atomic E-state index is 13.6. The van der Waals surface area contributed by atoms with Crippen LogP contribution in [0.15, 0.2) is 24.3 Å². The van der Waals surface area contributed by atoms with E-state index < -0.39 is 0 Å². The van der Waals surface area contributed by atoms with Crippen molar-refractivity contribution in [3.8, 4) is 0 Å². The van der Waals surface area contributed by atoms with Crippen LogP contribution in [0.3, 0.4) is 0 Å². The van der Waals surface area contributed by atoms with E-state index in [4.69, 9.17) is 0 Å². The molecule has 2 aliphatic rings. The third-order valence-electron chi connectivity index (χ3n) is 7.96. The Balaban J connectivity index is 1.66. The molecule has 0 spiro atoms. The van der Waals surface area contributed by atoms with Crippen LogP contribution in [-0.2, 0) is 11.2 Å². The van der Waals surface area contributed by atoms with Crippen molar-refractivity contribution in [3.05, 3.63) is 35.5 Å². The van der Waals surface area contributed by atoms with Crippen molar-refractivity contribution in [1.29, 1.82) is 0 Å². The average molecular weight is 424 g/mol.